The van der Waals surface area contributed by atoms with Crippen molar-refractivity contribution in [3.63, 3.8) is 0 Å². The molecule has 0 aliphatic carbocycles. The Labute approximate surface area is 124 Å². The van der Waals surface area contributed by atoms with Gasteiger partial charge in [0.1, 0.15) is 0 Å². The number of hydrogen-bond acceptors (Lipinski definition) is 6. The first kappa shape index (κ1) is 14.3. The van der Waals surface area contributed by atoms with E-state index in [1.165, 1.54) is 0 Å². The maximum absolute atomic E-state index is 6.03. The quantitative estimate of drug-likeness (QED) is 0.769. The van der Waals surface area contributed by atoms with Crippen LogP contribution >= 0.6 is 11.3 Å². The Kier molecular flexibility index (Phi) is 3.57. The molecule has 2 fully saturated rings. The minimum absolute atomic E-state index is 0.319. The second-order valence-electron chi connectivity index (χ2n) is 6.24. The van der Waals surface area contributed by atoms with E-state index in [9.17, 15) is 0 Å². The predicted octanol–water partition coefficient (Wildman–Crippen LogP) is 1.28. The van der Waals surface area contributed by atoms with Gasteiger partial charge < -0.3 is 18.9 Å². The highest BCUT2D eigenvalue weighted by atomic mass is 32.1. The topological polar surface area (TPSA) is 43.8 Å². The standard InChI is InChI=1S/C13H21BN2O3S/c1-12(2)13(3,4)19-14(18-12)10-9-20-11(15-10)16-5-7-17-8-6-16/h9H,5-8H2,1-4H3. The van der Waals surface area contributed by atoms with Crippen LogP contribution < -0.4 is 10.5 Å². The lowest BCUT2D eigenvalue weighted by Gasteiger charge is -2.32. The molecular formula is C13H21BN2O3S. The average molecular weight is 296 g/mol. The van der Waals surface area contributed by atoms with Gasteiger partial charge in [0.2, 0.25) is 0 Å². The van der Waals surface area contributed by atoms with Gasteiger partial charge in [-0.2, -0.15) is 0 Å². The highest BCUT2D eigenvalue weighted by Gasteiger charge is 2.52. The minimum atomic E-state index is -0.369. The first-order valence-corrected chi connectivity index (χ1v) is 7.91. The lowest BCUT2D eigenvalue weighted by atomic mass is 9.86. The molecule has 0 amide bonds. The van der Waals surface area contributed by atoms with Crippen LogP contribution in [0.25, 0.3) is 0 Å². The van der Waals surface area contributed by atoms with Crippen LogP contribution in [-0.4, -0.2) is 49.6 Å². The van der Waals surface area contributed by atoms with Crippen LogP contribution in [0.1, 0.15) is 27.7 Å². The lowest BCUT2D eigenvalue weighted by Crippen LogP contribution is -2.41. The molecular weight excluding hydrogens is 275 g/mol. The molecule has 3 rings (SSSR count). The Balaban J connectivity index is 1.74. The summed E-state index contributed by atoms with van der Waals surface area (Å²) in [5.74, 6) is 0. The SMILES string of the molecule is CC1(C)OB(c2csc(N3CCOCC3)n2)OC1(C)C. The molecule has 2 saturated heterocycles. The van der Waals surface area contributed by atoms with Crippen LogP contribution in [-0.2, 0) is 14.0 Å². The number of rotatable bonds is 2. The number of anilines is 1. The van der Waals surface area contributed by atoms with Crippen molar-refractivity contribution in [2.24, 2.45) is 0 Å². The maximum atomic E-state index is 6.03. The van der Waals surface area contributed by atoms with Crippen molar-refractivity contribution in [2.45, 2.75) is 38.9 Å². The summed E-state index contributed by atoms with van der Waals surface area (Å²) in [6, 6.07) is 0. The van der Waals surface area contributed by atoms with Gasteiger partial charge in [-0.3, -0.25) is 0 Å². The van der Waals surface area contributed by atoms with Gasteiger partial charge in [-0.15, -0.1) is 11.3 Å². The third-order valence-electron chi connectivity index (χ3n) is 4.29. The molecule has 0 N–H and O–H groups in total. The van der Waals surface area contributed by atoms with Crippen LogP contribution in [0.2, 0.25) is 0 Å². The molecule has 2 aliphatic rings. The highest BCUT2D eigenvalue weighted by Crippen LogP contribution is 2.36. The number of nitrogens with zero attached hydrogens (tertiary/aromatic N) is 2. The third-order valence-corrected chi connectivity index (χ3v) is 5.21. The van der Waals surface area contributed by atoms with Crippen molar-refractivity contribution in [3.05, 3.63) is 5.38 Å². The number of hydrogen-bond donors (Lipinski definition) is 0. The Morgan fingerprint density at radius 1 is 1.15 bits per heavy atom. The molecule has 0 bridgehead atoms. The molecule has 20 heavy (non-hydrogen) atoms. The highest BCUT2D eigenvalue weighted by molar-refractivity contribution is 7.14. The zero-order valence-electron chi connectivity index (χ0n) is 12.5. The van der Waals surface area contributed by atoms with Crippen molar-refractivity contribution in [2.75, 3.05) is 31.2 Å². The number of aromatic nitrogens is 1. The Morgan fingerprint density at radius 3 is 2.35 bits per heavy atom. The monoisotopic (exact) mass is 296 g/mol. The molecule has 3 heterocycles. The first-order chi connectivity index (χ1) is 9.39. The van der Waals surface area contributed by atoms with Crippen molar-refractivity contribution in [1.82, 2.24) is 4.98 Å². The average Bonchev–Trinajstić information content (AvgIpc) is 2.94. The fraction of sp³-hybridized carbons (Fsp3) is 0.769. The second-order valence-corrected chi connectivity index (χ2v) is 7.08. The van der Waals surface area contributed by atoms with E-state index in [0.29, 0.717) is 0 Å². The molecule has 1 aromatic rings. The van der Waals surface area contributed by atoms with E-state index in [-0.39, 0.29) is 18.3 Å². The van der Waals surface area contributed by atoms with Crippen molar-refractivity contribution in [3.8, 4) is 0 Å². The van der Waals surface area contributed by atoms with E-state index >= 15 is 0 Å². The molecule has 2 aliphatic heterocycles. The summed E-state index contributed by atoms with van der Waals surface area (Å²) in [5, 5.41) is 3.06. The van der Waals surface area contributed by atoms with Crippen LogP contribution in [0, 0.1) is 0 Å². The molecule has 7 heteroatoms. The van der Waals surface area contributed by atoms with Crippen LogP contribution in [0.4, 0.5) is 5.13 Å². The fourth-order valence-corrected chi connectivity index (χ4v) is 3.13. The summed E-state index contributed by atoms with van der Waals surface area (Å²) in [7, 11) is -0.369. The Morgan fingerprint density at radius 2 is 1.75 bits per heavy atom. The summed E-state index contributed by atoms with van der Waals surface area (Å²) in [6.07, 6.45) is 0. The molecule has 5 nitrogen and oxygen atoms in total. The van der Waals surface area contributed by atoms with Gasteiger partial charge >= 0.3 is 7.12 Å². The molecule has 0 spiro atoms. The summed E-state index contributed by atoms with van der Waals surface area (Å²) in [4.78, 5) is 6.94. The van der Waals surface area contributed by atoms with Gasteiger partial charge in [0, 0.05) is 18.5 Å². The van der Waals surface area contributed by atoms with Crippen molar-refractivity contribution >= 4 is 29.2 Å². The molecule has 110 valence electrons. The maximum Gasteiger partial charge on any atom is 0.515 e. The smallest absolute Gasteiger partial charge is 0.398 e. The van der Waals surface area contributed by atoms with E-state index < -0.39 is 0 Å². The first-order valence-electron chi connectivity index (χ1n) is 7.03. The number of thiazole rings is 1. The van der Waals surface area contributed by atoms with Gasteiger partial charge in [-0.25, -0.2) is 4.98 Å². The van der Waals surface area contributed by atoms with Gasteiger partial charge in [0.15, 0.2) is 5.13 Å². The molecule has 0 radical (unpaired) electrons. The summed E-state index contributed by atoms with van der Waals surface area (Å²) < 4.78 is 17.4. The lowest BCUT2D eigenvalue weighted by molar-refractivity contribution is 0.00578. The normalized spacial score (nSPS) is 25.2. The van der Waals surface area contributed by atoms with Crippen LogP contribution in [0.15, 0.2) is 5.38 Å². The van der Waals surface area contributed by atoms with Crippen LogP contribution in [0.5, 0.6) is 0 Å². The van der Waals surface area contributed by atoms with Crippen molar-refractivity contribution < 1.29 is 14.0 Å². The van der Waals surface area contributed by atoms with E-state index in [0.717, 1.165) is 37.0 Å². The van der Waals surface area contributed by atoms with Gasteiger partial charge in [0.25, 0.3) is 0 Å². The molecule has 0 aromatic carbocycles. The van der Waals surface area contributed by atoms with Crippen LogP contribution in [0.3, 0.4) is 0 Å². The Hall–Kier alpha value is -0.625. The van der Waals surface area contributed by atoms with Crippen molar-refractivity contribution in [1.29, 1.82) is 0 Å². The van der Waals surface area contributed by atoms with E-state index in [4.69, 9.17) is 14.0 Å². The van der Waals surface area contributed by atoms with E-state index in [1.807, 2.05) is 5.38 Å². The Bertz CT molecular complexity index is 470. The largest absolute Gasteiger partial charge is 0.515 e. The van der Waals surface area contributed by atoms with Gasteiger partial charge in [-0.1, -0.05) is 0 Å². The summed E-state index contributed by atoms with van der Waals surface area (Å²) in [5.41, 5.74) is 0.232. The third kappa shape index (κ3) is 2.48. The zero-order valence-corrected chi connectivity index (χ0v) is 13.3. The molecule has 0 unspecified atom stereocenters. The summed E-state index contributed by atoms with van der Waals surface area (Å²) in [6.45, 7) is 11.6. The molecule has 1 aromatic heterocycles. The summed E-state index contributed by atoms with van der Waals surface area (Å²) >= 11 is 1.64. The van der Waals surface area contributed by atoms with Gasteiger partial charge in [0.05, 0.1) is 30.0 Å². The number of morpholine rings is 1. The number of ether oxygens (including phenoxy) is 1. The molecule has 0 saturated carbocycles. The van der Waals surface area contributed by atoms with E-state index in [2.05, 4.69) is 37.6 Å². The van der Waals surface area contributed by atoms with Gasteiger partial charge in [-0.05, 0) is 27.7 Å². The zero-order chi connectivity index (χ0) is 14.4. The second kappa shape index (κ2) is 4.98. The van der Waals surface area contributed by atoms with E-state index in [1.54, 1.807) is 11.3 Å². The fourth-order valence-electron chi connectivity index (χ4n) is 2.25. The predicted molar refractivity (Wildman–Crippen MR) is 80.9 cm³/mol. The minimum Gasteiger partial charge on any atom is -0.398 e. The molecule has 0 atom stereocenters.